The lowest BCUT2D eigenvalue weighted by Gasteiger charge is -2.17. The molecule has 0 spiro atoms. The maximum absolute atomic E-state index is 12.0. The second kappa shape index (κ2) is 8.02. The van der Waals surface area contributed by atoms with E-state index >= 15 is 0 Å². The first-order valence-electron chi connectivity index (χ1n) is 6.90. The predicted octanol–water partition coefficient (Wildman–Crippen LogP) is 4.09. The number of aromatic carboxylic acids is 1. The van der Waals surface area contributed by atoms with E-state index in [1.807, 2.05) is 6.92 Å². The molecule has 2 amide bonds. The molecule has 1 aromatic rings. The zero-order chi connectivity index (χ0) is 16.0. The van der Waals surface area contributed by atoms with Crippen LogP contribution in [0.3, 0.4) is 0 Å². The Hall–Kier alpha value is -1.56. The summed E-state index contributed by atoms with van der Waals surface area (Å²) in [6.07, 6.45) is 1.91. The minimum absolute atomic E-state index is 0.0307. The summed E-state index contributed by atoms with van der Waals surface area (Å²) >= 11 is 3.25. The second-order valence-electron chi connectivity index (χ2n) is 5.44. The van der Waals surface area contributed by atoms with Crippen LogP contribution in [0.1, 0.15) is 44.0 Å². The van der Waals surface area contributed by atoms with Gasteiger partial charge >= 0.3 is 12.0 Å². The SMILES string of the molecule is CC(C)CCC(C)NC(=O)Nc1c(Br)cccc1C(=O)O. The summed E-state index contributed by atoms with van der Waals surface area (Å²) < 4.78 is 0.535. The van der Waals surface area contributed by atoms with Crippen molar-refractivity contribution in [2.45, 2.75) is 39.7 Å². The molecular formula is C15H21BrN2O3. The number of carboxylic acid groups (broad SMARTS) is 1. The molecule has 6 heteroatoms. The van der Waals surface area contributed by atoms with Gasteiger partial charge in [-0.3, -0.25) is 0 Å². The molecule has 1 aromatic carbocycles. The fourth-order valence-corrected chi connectivity index (χ4v) is 2.32. The summed E-state index contributed by atoms with van der Waals surface area (Å²) in [5, 5.41) is 14.6. The number of carbonyl (C=O) groups excluding carboxylic acids is 1. The van der Waals surface area contributed by atoms with Crippen molar-refractivity contribution in [2.75, 3.05) is 5.32 Å². The van der Waals surface area contributed by atoms with Gasteiger partial charge in [0.1, 0.15) is 0 Å². The van der Waals surface area contributed by atoms with Crippen molar-refractivity contribution >= 4 is 33.6 Å². The van der Waals surface area contributed by atoms with Crippen molar-refractivity contribution in [3.63, 3.8) is 0 Å². The Balaban J connectivity index is 2.69. The molecule has 1 unspecified atom stereocenters. The van der Waals surface area contributed by atoms with Crippen molar-refractivity contribution in [2.24, 2.45) is 5.92 Å². The molecule has 1 rings (SSSR count). The first-order valence-corrected chi connectivity index (χ1v) is 7.70. The highest BCUT2D eigenvalue weighted by atomic mass is 79.9. The van der Waals surface area contributed by atoms with Gasteiger partial charge < -0.3 is 15.7 Å². The van der Waals surface area contributed by atoms with Gasteiger partial charge in [0.2, 0.25) is 0 Å². The van der Waals surface area contributed by atoms with Gasteiger partial charge in [-0.25, -0.2) is 9.59 Å². The molecule has 116 valence electrons. The molecule has 0 aliphatic rings. The highest BCUT2D eigenvalue weighted by molar-refractivity contribution is 9.10. The summed E-state index contributed by atoms with van der Waals surface area (Å²) in [5.41, 5.74) is 0.313. The van der Waals surface area contributed by atoms with Crippen LogP contribution < -0.4 is 10.6 Å². The normalized spacial score (nSPS) is 12.0. The Bertz CT molecular complexity index is 518. The van der Waals surface area contributed by atoms with Crippen LogP contribution in [0.15, 0.2) is 22.7 Å². The number of amides is 2. The van der Waals surface area contributed by atoms with Crippen LogP contribution in [-0.4, -0.2) is 23.1 Å². The molecule has 5 nitrogen and oxygen atoms in total. The quantitative estimate of drug-likeness (QED) is 0.717. The van der Waals surface area contributed by atoms with Crippen LogP contribution in [0, 0.1) is 5.92 Å². The molecule has 0 heterocycles. The number of urea groups is 1. The number of rotatable bonds is 6. The topological polar surface area (TPSA) is 78.4 Å². The molecule has 0 fully saturated rings. The summed E-state index contributed by atoms with van der Waals surface area (Å²) in [6.45, 7) is 6.19. The van der Waals surface area contributed by atoms with E-state index in [-0.39, 0.29) is 17.3 Å². The van der Waals surface area contributed by atoms with Crippen LogP contribution in [0.25, 0.3) is 0 Å². The third-order valence-corrected chi connectivity index (χ3v) is 3.70. The number of para-hydroxylation sites is 1. The zero-order valence-corrected chi connectivity index (χ0v) is 14.0. The number of hydrogen-bond acceptors (Lipinski definition) is 2. The van der Waals surface area contributed by atoms with Crippen LogP contribution in [0.4, 0.5) is 10.5 Å². The van der Waals surface area contributed by atoms with E-state index in [2.05, 4.69) is 40.4 Å². The van der Waals surface area contributed by atoms with Gasteiger partial charge in [-0.15, -0.1) is 0 Å². The Morgan fingerprint density at radius 1 is 1.24 bits per heavy atom. The summed E-state index contributed by atoms with van der Waals surface area (Å²) in [4.78, 5) is 23.1. The third kappa shape index (κ3) is 5.75. The fourth-order valence-electron chi connectivity index (χ4n) is 1.86. The van der Waals surface area contributed by atoms with E-state index < -0.39 is 12.0 Å². The van der Waals surface area contributed by atoms with Gasteiger partial charge in [0.25, 0.3) is 0 Å². The van der Waals surface area contributed by atoms with Gasteiger partial charge in [-0.1, -0.05) is 19.9 Å². The lowest BCUT2D eigenvalue weighted by atomic mass is 10.0. The van der Waals surface area contributed by atoms with Gasteiger partial charge in [0.05, 0.1) is 11.3 Å². The summed E-state index contributed by atoms with van der Waals surface area (Å²) in [6, 6.07) is 4.38. The van der Waals surface area contributed by atoms with Crippen molar-refractivity contribution in [3.05, 3.63) is 28.2 Å². The number of halogens is 1. The number of nitrogens with one attached hydrogen (secondary N) is 2. The maximum atomic E-state index is 12.0. The molecule has 0 aliphatic carbocycles. The van der Waals surface area contributed by atoms with E-state index in [1.54, 1.807) is 12.1 Å². The lowest BCUT2D eigenvalue weighted by molar-refractivity contribution is 0.0698. The fraction of sp³-hybridized carbons (Fsp3) is 0.467. The average Bonchev–Trinajstić information content (AvgIpc) is 2.38. The monoisotopic (exact) mass is 356 g/mol. The Kier molecular flexibility index (Phi) is 6.68. The van der Waals surface area contributed by atoms with Gasteiger partial charge in [-0.2, -0.15) is 0 Å². The minimum Gasteiger partial charge on any atom is -0.478 e. The standard InChI is InChI=1S/C15H21BrN2O3/c1-9(2)7-8-10(3)17-15(21)18-13-11(14(19)20)5-4-6-12(13)16/h4-6,9-10H,7-8H2,1-3H3,(H,19,20)(H2,17,18,21). The van der Waals surface area contributed by atoms with E-state index in [0.29, 0.717) is 10.4 Å². The molecule has 1 atom stereocenters. The Morgan fingerprint density at radius 3 is 2.48 bits per heavy atom. The van der Waals surface area contributed by atoms with Crippen molar-refractivity contribution in [1.82, 2.24) is 5.32 Å². The third-order valence-electron chi connectivity index (χ3n) is 3.04. The molecule has 0 saturated heterocycles. The smallest absolute Gasteiger partial charge is 0.337 e. The average molecular weight is 357 g/mol. The number of benzene rings is 1. The van der Waals surface area contributed by atoms with Crippen LogP contribution in [0.5, 0.6) is 0 Å². The summed E-state index contributed by atoms with van der Waals surface area (Å²) in [7, 11) is 0. The van der Waals surface area contributed by atoms with Gasteiger partial charge in [0, 0.05) is 10.5 Å². The molecule has 0 aliphatic heterocycles. The number of carbonyl (C=O) groups is 2. The molecule has 0 radical (unpaired) electrons. The van der Waals surface area contributed by atoms with E-state index in [4.69, 9.17) is 5.11 Å². The first-order chi connectivity index (χ1) is 9.81. The largest absolute Gasteiger partial charge is 0.478 e. The second-order valence-corrected chi connectivity index (χ2v) is 6.29. The van der Waals surface area contributed by atoms with E-state index in [9.17, 15) is 9.59 Å². The molecular weight excluding hydrogens is 336 g/mol. The molecule has 3 N–H and O–H groups in total. The lowest BCUT2D eigenvalue weighted by Crippen LogP contribution is -2.36. The predicted molar refractivity (Wildman–Crippen MR) is 86.8 cm³/mol. The van der Waals surface area contributed by atoms with Crippen molar-refractivity contribution in [1.29, 1.82) is 0 Å². The first kappa shape index (κ1) is 17.5. The summed E-state index contributed by atoms with van der Waals surface area (Å²) in [5.74, 6) is -0.501. The van der Waals surface area contributed by atoms with Crippen LogP contribution >= 0.6 is 15.9 Å². The Labute approximate surface area is 133 Å². The van der Waals surface area contributed by atoms with Crippen LogP contribution in [-0.2, 0) is 0 Å². The number of carboxylic acids is 1. The van der Waals surface area contributed by atoms with Gasteiger partial charge in [-0.05, 0) is 53.7 Å². The maximum Gasteiger partial charge on any atom is 0.337 e. The zero-order valence-electron chi connectivity index (χ0n) is 12.4. The number of hydrogen-bond donors (Lipinski definition) is 3. The molecule has 21 heavy (non-hydrogen) atoms. The number of anilines is 1. The van der Waals surface area contributed by atoms with E-state index in [1.165, 1.54) is 6.07 Å². The van der Waals surface area contributed by atoms with Crippen molar-refractivity contribution < 1.29 is 14.7 Å². The van der Waals surface area contributed by atoms with Crippen LogP contribution in [0.2, 0.25) is 0 Å². The molecule has 0 saturated carbocycles. The Morgan fingerprint density at radius 2 is 1.90 bits per heavy atom. The van der Waals surface area contributed by atoms with Crippen molar-refractivity contribution in [3.8, 4) is 0 Å². The highest BCUT2D eigenvalue weighted by Crippen LogP contribution is 2.26. The van der Waals surface area contributed by atoms with E-state index in [0.717, 1.165) is 12.8 Å². The molecule has 0 bridgehead atoms. The molecule has 0 aromatic heterocycles. The minimum atomic E-state index is -1.08. The van der Waals surface area contributed by atoms with Gasteiger partial charge in [0.15, 0.2) is 0 Å². The highest BCUT2D eigenvalue weighted by Gasteiger charge is 2.16.